The van der Waals surface area contributed by atoms with Crippen LogP contribution in [0, 0.1) is 20.8 Å². The summed E-state index contributed by atoms with van der Waals surface area (Å²) in [5.74, 6) is 0.189. The number of phenols is 1. The summed E-state index contributed by atoms with van der Waals surface area (Å²) in [5.41, 5.74) is 9.32. The molecule has 10 nitrogen and oxygen atoms in total. The van der Waals surface area contributed by atoms with Crippen molar-refractivity contribution < 1.29 is 22.8 Å². The summed E-state index contributed by atoms with van der Waals surface area (Å²) in [6, 6.07) is 15.2. The normalized spacial score (nSPS) is 12.1. The molecule has 0 saturated carbocycles. The van der Waals surface area contributed by atoms with Crippen LogP contribution in [0.4, 0.5) is 28.4 Å². The van der Waals surface area contributed by atoms with Crippen LogP contribution in [0.3, 0.4) is 0 Å². The number of aryl methyl sites for hydroxylation is 3. The van der Waals surface area contributed by atoms with E-state index in [0.29, 0.717) is 22.7 Å². The van der Waals surface area contributed by atoms with Crippen LogP contribution in [0.15, 0.2) is 79.9 Å². The lowest BCUT2D eigenvalue weighted by Crippen LogP contribution is -2.02. The number of fused-ring (bicyclic) bond motifs is 1. The van der Waals surface area contributed by atoms with Crippen LogP contribution >= 0.6 is 0 Å². The second-order valence-corrected chi connectivity index (χ2v) is 9.90. The highest BCUT2D eigenvalue weighted by atomic mass is 32.2. The van der Waals surface area contributed by atoms with Gasteiger partial charge in [-0.3, -0.25) is 4.55 Å². The molecule has 0 bridgehead atoms. The molecule has 0 spiro atoms. The van der Waals surface area contributed by atoms with Crippen molar-refractivity contribution in [3.8, 4) is 11.5 Å². The zero-order chi connectivity index (χ0) is 26.9. The molecule has 0 atom stereocenters. The minimum absolute atomic E-state index is 0.0978. The molecule has 0 amide bonds. The molecule has 4 N–H and O–H groups in total. The topological polar surface area (TPSA) is 159 Å². The fourth-order valence-corrected chi connectivity index (χ4v) is 4.46. The Balaban J connectivity index is 1.91. The van der Waals surface area contributed by atoms with E-state index in [1.165, 1.54) is 13.2 Å². The fraction of sp³-hybridized carbons (Fsp3) is 0.154. The second kappa shape index (κ2) is 9.96. The Hall–Kier alpha value is -4.35. The molecule has 4 aromatic carbocycles. The number of nitrogen functional groups attached to an aromatic ring is 1. The maximum Gasteiger partial charge on any atom is 0.296 e. The Kier molecular flexibility index (Phi) is 6.92. The number of ether oxygens (including phenoxy) is 1. The number of hydrogen-bond acceptors (Lipinski definition) is 9. The summed E-state index contributed by atoms with van der Waals surface area (Å²) in [6.07, 6.45) is 0. The first-order valence-electron chi connectivity index (χ1n) is 11.1. The summed E-state index contributed by atoms with van der Waals surface area (Å²) in [6.45, 7) is 5.50. The minimum Gasteiger partial charge on any atom is -0.505 e. The minimum atomic E-state index is -4.72. The average Bonchev–Trinajstić information content (AvgIpc) is 2.84. The molecule has 0 aromatic heterocycles. The molecule has 0 aliphatic carbocycles. The second-order valence-electron chi connectivity index (χ2n) is 8.51. The van der Waals surface area contributed by atoms with Gasteiger partial charge in [-0.2, -0.15) is 13.5 Å². The van der Waals surface area contributed by atoms with Crippen LogP contribution in [0.5, 0.6) is 11.5 Å². The molecule has 0 radical (unpaired) electrons. The Labute approximate surface area is 213 Å². The van der Waals surface area contributed by atoms with E-state index in [4.69, 9.17) is 10.5 Å². The first-order valence-corrected chi connectivity index (χ1v) is 12.5. The highest BCUT2D eigenvalue weighted by molar-refractivity contribution is 7.86. The van der Waals surface area contributed by atoms with Crippen LogP contribution in [0.25, 0.3) is 10.8 Å². The van der Waals surface area contributed by atoms with Crippen LogP contribution in [0.1, 0.15) is 16.7 Å². The lowest BCUT2D eigenvalue weighted by Gasteiger charge is -2.13. The number of phenolic OH excluding ortho intramolecular Hbond substituents is 1. The van der Waals surface area contributed by atoms with Gasteiger partial charge in [0, 0.05) is 0 Å². The molecule has 0 unspecified atom stereocenters. The third-order valence-corrected chi connectivity index (χ3v) is 6.58. The van der Waals surface area contributed by atoms with Gasteiger partial charge in [0.1, 0.15) is 27.7 Å². The van der Waals surface area contributed by atoms with E-state index in [2.05, 4.69) is 20.5 Å². The van der Waals surface area contributed by atoms with Gasteiger partial charge in [-0.05, 0) is 73.7 Å². The van der Waals surface area contributed by atoms with Crippen LogP contribution in [-0.2, 0) is 10.1 Å². The Morgan fingerprint density at radius 1 is 0.838 bits per heavy atom. The highest BCUT2D eigenvalue weighted by Gasteiger charge is 2.24. The number of aromatic hydroxyl groups is 1. The van der Waals surface area contributed by atoms with E-state index >= 15 is 0 Å². The van der Waals surface area contributed by atoms with Gasteiger partial charge in [-0.15, -0.1) is 15.3 Å². The highest BCUT2D eigenvalue weighted by Crippen LogP contribution is 2.47. The van der Waals surface area contributed by atoms with Crippen LogP contribution in [0.2, 0.25) is 0 Å². The predicted molar refractivity (Wildman–Crippen MR) is 142 cm³/mol. The van der Waals surface area contributed by atoms with Crippen molar-refractivity contribution in [2.24, 2.45) is 20.5 Å². The zero-order valence-corrected chi connectivity index (χ0v) is 21.4. The predicted octanol–water partition coefficient (Wildman–Crippen LogP) is 7.14. The molecule has 4 rings (SSSR count). The van der Waals surface area contributed by atoms with E-state index in [9.17, 15) is 18.1 Å². The summed E-state index contributed by atoms with van der Waals surface area (Å²) >= 11 is 0. The largest absolute Gasteiger partial charge is 0.505 e. The molecular weight excluding hydrogens is 494 g/mol. The van der Waals surface area contributed by atoms with Crippen LogP contribution < -0.4 is 10.5 Å². The third kappa shape index (κ3) is 5.27. The maximum atomic E-state index is 12.2. The summed E-state index contributed by atoms with van der Waals surface area (Å²) in [7, 11) is -3.20. The molecule has 0 aliphatic heterocycles. The van der Waals surface area contributed by atoms with E-state index in [0.717, 1.165) is 11.1 Å². The van der Waals surface area contributed by atoms with Gasteiger partial charge in [0.2, 0.25) is 0 Å². The first-order chi connectivity index (χ1) is 17.5. The summed E-state index contributed by atoms with van der Waals surface area (Å²) in [5, 5.41) is 28.0. The number of nitrogens with zero attached hydrogens (tertiary/aromatic N) is 4. The lowest BCUT2D eigenvalue weighted by molar-refractivity contribution is 0.415. The van der Waals surface area contributed by atoms with Crippen molar-refractivity contribution in [3.05, 3.63) is 71.3 Å². The Morgan fingerprint density at radius 2 is 1.49 bits per heavy atom. The van der Waals surface area contributed by atoms with Crippen molar-refractivity contribution in [3.63, 3.8) is 0 Å². The fourth-order valence-electron chi connectivity index (χ4n) is 3.79. The van der Waals surface area contributed by atoms with Gasteiger partial charge in [-0.1, -0.05) is 23.8 Å². The molecule has 4 aromatic rings. The van der Waals surface area contributed by atoms with Crippen LogP contribution in [-0.4, -0.2) is 25.2 Å². The number of methoxy groups -OCH3 is 1. The van der Waals surface area contributed by atoms with E-state index in [1.807, 2.05) is 38.1 Å². The third-order valence-electron chi connectivity index (χ3n) is 5.71. The number of azo groups is 2. The SMILES string of the molecule is COc1cc(C)ccc1N=Nc1c(C)cc2cc(S(=O)(=O)O)c(N=Nc3ccc(C)cc3)c(N)c2c1O. The molecule has 0 saturated heterocycles. The molecule has 37 heavy (non-hydrogen) atoms. The molecular formula is C26H25N5O5S. The van der Waals surface area contributed by atoms with E-state index in [-0.39, 0.29) is 33.6 Å². The monoisotopic (exact) mass is 519 g/mol. The average molecular weight is 520 g/mol. The van der Waals surface area contributed by atoms with Gasteiger partial charge in [0.15, 0.2) is 5.75 Å². The van der Waals surface area contributed by atoms with Crippen molar-refractivity contribution in [1.29, 1.82) is 0 Å². The van der Waals surface area contributed by atoms with Crippen molar-refractivity contribution in [2.75, 3.05) is 12.8 Å². The molecule has 190 valence electrons. The quantitative estimate of drug-likeness (QED) is 0.139. The van der Waals surface area contributed by atoms with Gasteiger partial charge >= 0.3 is 0 Å². The van der Waals surface area contributed by atoms with Gasteiger partial charge in [-0.25, -0.2) is 0 Å². The molecule has 11 heteroatoms. The van der Waals surface area contributed by atoms with E-state index in [1.54, 1.807) is 31.2 Å². The van der Waals surface area contributed by atoms with Gasteiger partial charge in [0.05, 0.1) is 23.9 Å². The van der Waals surface area contributed by atoms with Gasteiger partial charge in [0.25, 0.3) is 10.1 Å². The Morgan fingerprint density at radius 3 is 2.14 bits per heavy atom. The van der Waals surface area contributed by atoms with Crippen molar-refractivity contribution in [2.45, 2.75) is 25.7 Å². The molecule has 0 fully saturated rings. The van der Waals surface area contributed by atoms with E-state index < -0.39 is 15.0 Å². The number of benzene rings is 4. The molecule has 0 heterocycles. The zero-order valence-electron chi connectivity index (χ0n) is 20.6. The number of hydrogen-bond donors (Lipinski definition) is 3. The number of rotatable bonds is 6. The maximum absolute atomic E-state index is 12.2. The summed E-state index contributed by atoms with van der Waals surface area (Å²) in [4.78, 5) is -0.536. The standard InChI is InChI=1S/C26H25N5O5S/c1-14-5-8-18(9-6-14)28-31-25-21(37(33,34)35)13-17-12-16(3)24(26(32)22(17)23(25)27)30-29-19-10-7-15(2)11-20(19)36-4/h5-13,32H,27H2,1-4H3,(H,33,34,35). The van der Waals surface area contributed by atoms with Crippen molar-refractivity contribution >= 4 is 49.3 Å². The first kappa shape index (κ1) is 25.7. The molecule has 0 aliphatic rings. The lowest BCUT2D eigenvalue weighted by atomic mass is 10.0. The number of anilines is 1. The van der Waals surface area contributed by atoms with Crippen molar-refractivity contribution in [1.82, 2.24) is 0 Å². The Bertz CT molecular complexity index is 1680. The summed E-state index contributed by atoms with van der Waals surface area (Å²) < 4.78 is 39.6. The smallest absolute Gasteiger partial charge is 0.296 e. The van der Waals surface area contributed by atoms with Gasteiger partial charge < -0.3 is 15.6 Å². The number of nitrogens with two attached hydrogens (primary N) is 1.